The molecule has 0 unspecified atom stereocenters. The zero-order chi connectivity index (χ0) is 13.0. The van der Waals surface area contributed by atoms with Crippen LogP contribution in [0, 0.1) is 0 Å². The summed E-state index contributed by atoms with van der Waals surface area (Å²) in [6, 6.07) is 11.1. The number of hydrogen-bond donors (Lipinski definition) is 0. The van der Waals surface area contributed by atoms with Gasteiger partial charge in [0.25, 0.3) is 0 Å². The molecule has 2 aromatic rings. The Labute approximate surface area is 110 Å². The number of Topliss-reactive ketones (excluding diaryl/α,β-unsaturated/α-hetero) is 1. The summed E-state index contributed by atoms with van der Waals surface area (Å²) in [7, 11) is 0. The first-order valence-electron chi connectivity index (χ1n) is 5.48. The second-order valence-corrected chi connectivity index (χ2v) is 4.54. The van der Waals surface area contributed by atoms with Crippen molar-refractivity contribution in [3.05, 3.63) is 48.2 Å². The maximum Gasteiger partial charge on any atom is 0.219 e. The molecule has 0 atom stereocenters. The third kappa shape index (κ3) is 2.90. The zero-order valence-electron chi connectivity index (χ0n) is 10.2. The van der Waals surface area contributed by atoms with Crippen molar-refractivity contribution in [2.45, 2.75) is 11.8 Å². The van der Waals surface area contributed by atoms with Crippen molar-refractivity contribution in [3.63, 3.8) is 0 Å². The quantitative estimate of drug-likeness (QED) is 0.618. The van der Waals surface area contributed by atoms with Crippen LogP contribution in [-0.4, -0.2) is 17.0 Å². The first-order valence-corrected chi connectivity index (χ1v) is 6.71. The second kappa shape index (κ2) is 5.69. The van der Waals surface area contributed by atoms with E-state index in [1.165, 1.54) is 6.92 Å². The highest BCUT2D eigenvalue weighted by Crippen LogP contribution is 2.30. The summed E-state index contributed by atoms with van der Waals surface area (Å²) >= 11 is 1.61. The van der Waals surface area contributed by atoms with Crippen molar-refractivity contribution in [2.24, 2.45) is 0 Å². The Morgan fingerprint density at radius 1 is 1.28 bits per heavy atom. The van der Waals surface area contributed by atoms with Gasteiger partial charge in [0.2, 0.25) is 5.88 Å². The van der Waals surface area contributed by atoms with Crippen LogP contribution in [0.3, 0.4) is 0 Å². The lowest BCUT2D eigenvalue weighted by Gasteiger charge is -2.08. The molecule has 0 saturated heterocycles. The van der Waals surface area contributed by atoms with Gasteiger partial charge < -0.3 is 4.74 Å². The number of ether oxygens (including phenoxy) is 1. The summed E-state index contributed by atoms with van der Waals surface area (Å²) in [5.41, 5.74) is 0.599. The molecule has 92 valence electrons. The number of carbonyl (C=O) groups excluding carboxylic acids is 1. The van der Waals surface area contributed by atoms with E-state index in [0.717, 1.165) is 10.6 Å². The van der Waals surface area contributed by atoms with Gasteiger partial charge in [-0.15, -0.1) is 11.8 Å². The molecule has 3 nitrogen and oxygen atoms in total. The first kappa shape index (κ1) is 12.6. The lowest BCUT2D eigenvalue weighted by Crippen LogP contribution is -1.95. The monoisotopic (exact) mass is 259 g/mol. The van der Waals surface area contributed by atoms with Gasteiger partial charge >= 0.3 is 0 Å². The Balaban J connectivity index is 2.28. The van der Waals surface area contributed by atoms with Gasteiger partial charge in [0.15, 0.2) is 5.78 Å². The van der Waals surface area contributed by atoms with Crippen LogP contribution in [0.2, 0.25) is 0 Å². The molecular formula is C14H13NO2S. The van der Waals surface area contributed by atoms with Crippen molar-refractivity contribution in [3.8, 4) is 11.6 Å². The van der Waals surface area contributed by atoms with E-state index in [-0.39, 0.29) is 5.78 Å². The summed E-state index contributed by atoms with van der Waals surface area (Å²) in [4.78, 5) is 16.4. The molecule has 0 amide bonds. The largest absolute Gasteiger partial charge is 0.438 e. The standard InChI is InChI=1S/C14H13NO2S/c1-10(16)11-7-8-15-14(9-11)17-12-5-3-4-6-13(12)18-2/h3-9H,1-2H3. The Morgan fingerprint density at radius 3 is 2.78 bits per heavy atom. The lowest BCUT2D eigenvalue weighted by molar-refractivity contribution is 0.101. The van der Waals surface area contributed by atoms with E-state index in [1.807, 2.05) is 30.5 Å². The summed E-state index contributed by atoms with van der Waals surface area (Å²) in [5.74, 6) is 1.18. The van der Waals surface area contributed by atoms with Gasteiger partial charge in [0.1, 0.15) is 5.75 Å². The fourth-order valence-electron chi connectivity index (χ4n) is 1.50. The smallest absolute Gasteiger partial charge is 0.219 e. The average Bonchev–Trinajstić information content (AvgIpc) is 2.39. The molecule has 0 fully saturated rings. The molecule has 0 radical (unpaired) electrons. The Hall–Kier alpha value is -1.81. The molecule has 0 aliphatic heterocycles. The Bertz CT molecular complexity index is 569. The van der Waals surface area contributed by atoms with Crippen LogP contribution >= 0.6 is 11.8 Å². The van der Waals surface area contributed by atoms with Crippen LogP contribution in [0.4, 0.5) is 0 Å². The van der Waals surface area contributed by atoms with Gasteiger partial charge in [0.05, 0.1) is 0 Å². The van der Waals surface area contributed by atoms with Crippen molar-refractivity contribution in [2.75, 3.05) is 6.26 Å². The molecule has 4 heteroatoms. The minimum atomic E-state index is 0.000372. The number of rotatable bonds is 4. The molecule has 0 aliphatic carbocycles. The van der Waals surface area contributed by atoms with Crippen LogP contribution < -0.4 is 4.74 Å². The van der Waals surface area contributed by atoms with E-state index in [0.29, 0.717) is 11.4 Å². The molecule has 0 N–H and O–H groups in total. The number of aromatic nitrogens is 1. The number of para-hydroxylation sites is 1. The lowest BCUT2D eigenvalue weighted by atomic mass is 10.2. The van der Waals surface area contributed by atoms with E-state index in [1.54, 1.807) is 30.1 Å². The molecule has 18 heavy (non-hydrogen) atoms. The summed E-state index contributed by atoms with van der Waals surface area (Å²) in [5, 5.41) is 0. The fraction of sp³-hybridized carbons (Fsp3) is 0.143. The average molecular weight is 259 g/mol. The van der Waals surface area contributed by atoms with Gasteiger partial charge in [-0.1, -0.05) is 12.1 Å². The van der Waals surface area contributed by atoms with E-state index in [9.17, 15) is 4.79 Å². The third-order valence-electron chi connectivity index (χ3n) is 2.42. The predicted octanol–water partition coefficient (Wildman–Crippen LogP) is 3.80. The molecule has 1 aromatic carbocycles. The Morgan fingerprint density at radius 2 is 2.06 bits per heavy atom. The van der Waals surface area contributed by atoms with Crippen LogP contribution in [0.5, 0.6) is 11.6 Å². The molecular weight excluding hydrogens is 246 g/mol. The fourth-order valence-corrected chi connectivity index (χ4v) is 2.03. The van der Waals surface area contributed by atoms with Gasteiger partial charge in [0, 0.05) is 22.7 Å². The zero-order valence-corrected chi connectivity index (χ0v) is 11.0. The van der Waals surface area contributed by atoms with E-state index < -0.39 is 0 Å². The minimum absolute atomic E-state index is 0.000372. The molecule has 1 heterocycles. The third-order valence-corrected chi connectivity index (χ3v) is 3.20. The van der Waals surface area contributed by atoms with E-state index >= 15 is 0 Å². The number of ketones is 1. The number of benzene rings is 1. The number of hydrogen-bond acceptors (Lipinski definition) is 4. The molecule has 0 spiro atoms. The van der Waals surface area contributed by atoms with Crippen LogP contribution in [0.1, 0.15) is 17.3 Å². The molecule has 0 bridgehead atoms. The number of thioether (sulfide) groups is 1. The van der Waals surface area contributed by atoms with Crippen molar-refractivity contribution in [1.82, 2.24) is 4.98 Å². The van der Waals surface area contributed by atoms with E-state index in [4.69, 9.17) is 4.74 Å². The van der Waals surface area contributed by atoms with E-state index in [2.05, 4.69) is 4.98 Å². The SMILES string of the molecule is CSc1ccccc1Oc1cc(C(C)=O)ccn1. The Kier molecular flexibility index (Phi) is 3.99. The van der Waals surface area contributed by atoms with Crippen LogP contribution in [0.15, 0.2) is 47.5 Å². The highest BCUT2D eigenvalue weighted by atomic mass is 32.2. The molecule has 0 saturated carbocycles. The first-order chi connectivity index (χ1) is 8.70. The summed E-state index contributed by atoms with van der Waals surface area (Å²) in [6.45, 7) is 1.52. The normalized spacial score (nSPS) is 10.1. The van der Waals surface area contributed by atoms with Gasteiger partial charge in [-0.25, -0.2) is 4.98 Å². The van der Waals surface area contributed by atoms with Gasteiger partial charge in [-0.05, 0) is 31.4 Å². The topological polar surface area (TPSA) is 39.2 Å². The minimum Gasteiger partial charge on any atom is -0.438 e. The number of carbonyl (C=O) groups is 1. The predicted molar refractivity (Wildman–Crippen MR) is 72.5 cm³/mol. The second-order valence-electron chi connectivity index (χ2n) is 3.69. The molecule has 1 aromatic heterocycles. The highest BCUT2D eigenvalue weighted by molar-refractivity contribution is 7.98. The maximum absolute atomic E-state index is 11.3. The van der Waals surface area contributed by atoms with Gasteiger partial charge in [-0.2, -0.15) is 0 Å². The van der Waals surface area contributed by atoms with Crippen LogP contribution in [0.25, 0.3) is 0 Å². The van der Waals surface area contributed by atoms with Crippen molar-refractivity contribution >= 4 is 17.5 Å². The number of pyridine rings is 1. The number of nitrogens with zero attached hydrogens (tertiary/aromatic N) is 1. The van der Waals surface area contributed by atoms with Crippen molar-refractivity contribution < 1.29 is 9.53 Å². The van der Waals surface area contributed by atoms with Crippen LogP contribution in [-0.2, 0) is 0 Å². The highest BCUT2D eigenvalue weighted by Gasteiger charge is 2.06. The summed E-state index contributed by atoms with van der Waals surface area (Å²) < 4.78 is 5.71. The van der Waals surface area contributed by atoms with Crippen molar-refractivity contribution in [1.29, 1.82) is 0 Å². The molecule has 0 aliphatic rings. The molecule has 2 rings (SSSR count). The maximum atomic E-state index is 11.3. The summed E-state index contributed by atoms with van der Waals surface area (Å²) in [6.07, 6.45) is 3.56. The van der Waals surface area contributed by atoms with Gasteiger partial charge in [-0.3, -0.25) is 4.79 Å².